The largest absolute Gasteiger partial charge is 0.494 e. The fourth-order valence-electron chi connectivity index (χ4n) is 2.83. The molecule has 7 nitrogen and oxygen atoms in total. The molecule has 0 aliphatic heterocycles. The van der Waals surface area contributed by atoms with Crippen molar-refractivity contribution < 1.29 is 19.4 Å². The molecular formula is C17H25N3O4. The van der Waals surface area contributed by atoms with Crippen molar-refractivity contribution in [3.63, 3.8) is 0 Å². The number of anilines is 1. The highest BCUT2D eigenvalue weighted by Gasteiger charge is 2.34. The van der Waals surface area contributed by atoms with Crippen LogP contribution in [0.3, 0.4) is 0 Å². The van der Waals surface area contributed by atoms with Crippen molar-refractivity contribution in [1.29, 1.82) is 0 Å². The van der Waals surface area contributed by atoms with Crippen LogP contribution in [0.4, 0.5) is 10.5 Å². The molecule has 0 heterocycles. The first-order chi connectivity index (χ1) is 11.5. The van der Waals surface area contributed by atoms with Gasteiger partial charge >= 0.3 is 12.0 Å². The molecule has 1 aliphatic rings. The van der Waals surface area contributed by atoms with E-state index in [2.05, 4.69) is 10.6 Å². The number of aliphatic carboxylic acids is 1. The predicted molar refractivity (Wildman–Crippen MR) is 91.5 cm³/mol. The first kappa shape index (κ1) is 18.1. The van der Waals surface area contributed by atoms with Gasteiger partial charge in [0.25, 0.3) is 0 Å². The number of carbonyl (C=O) groups is 2. The molecule has 0 aromatic heterocycles. The fraction of sp³-hybridized carbons (Fsp3) is 0.529. The minimum absolute atomic E-state index is 0.0479. The monoisotopic (exact) mass is 335 g/mol. The standard InChI is InChI=1S/C17H25N3O4/c1-3-20(11-16(21)22)14-9-13(10-14)19-17(23)18-12-5-7-15(8-6-12)24-4-2/h5-8,13-14H,3-4,9-11H2,1-2H3,(H,21,22)(H2,18,19,23). The van der Waals surface area contributed by atoms with Crippen LogP contribution in [0, 0.1) is 0 Å². The predicted octanol–water partition coefficient (Wildman–Crippen LogP) is 2.14. The lowest BCUT2D eigenvalue weighted by Gasteiger charge is -2.42. The maximum absolute atomic E-state index is 12.0. The quantitative estimate of drug-likeness (QED) is 0.677. The lowest BCUT2D eigenvalue weighted by molar-refractivity contribution is -0.139. The zero-order chi connectivity index (χ0) is 17.5. The second kappa shape index (κ2) is 8.54. The summed E-state index contributed by atoms with van der Waals surface area (Å²) in [4.78, 5) is 24.7. The van der Waals surface area contributed by atoms with Gasteiger partial charge in [0.15, 0.2) is 0 Å². The van der Waals surface area contributed by atoms with E-state index in [4.69, 9.17) is 9.84 Å². The highest BCUT2D eigenvalue weighted by atomic mass is 16.5. The summed E-state index contributed by atoms with van der Waals surface area (Å²) in [5, 5.41) is 14.6. The van der Waals surface area contributed by atoms with Gasteiger partial charge in [0.2, 0.25) is 0 Å². The molecule has 0 unspecified atom stereocenters. The topological polar surface area (TPSA) is 90.9 Å². The number of amides is 2. The Balaban J connectivity index is 1.73. The van der Waals surface area contributed by atoms with Crippen molar-refractivity contribution in [2.45, 2.75) is 38.8 Å². The van der Waals surface area contributed by atoms with E-state index in [-0.39, 0.29) is 24.7 Å². The number of benzene rings is 1. The van der Waals surface area contributed by atoms with Gasteiger partial charge in [-0.1, -0.05) is 6.92 Å². The van der Waals surface area contributed by atoms with Crippen LogP contribution in [0.5, 0.6) is 5.75 Å². The molecule has 2 rings (SSSR count). The first-order valence-electron chi connectivity index (χ1n) is 8.28. The summed E-state index contributed by atoms with van der Waals surface area (Å²) >= 11 is 0. The van der Waals surface area contributed by atoms with Crippen molar-refractivity contribution in [1.82, 2.24) is 10.2 Å². The number of rotatable bonds is 8. The summed E-state index contributed by atoms with van der Waals surface area (Å²) < 4.78 is 5.35. The van der Waals surface area contributed by atoms with Crippen molar-refractivity contribution >= 4 is 17.7 Å². The molecule has 0 atom stereocenters. The number of carboxylic acid groups (broad SMARTS) is 1. The molecule has 3 N–H and O–H groups in total. The minimum Gasteiger partial charge on any atom is -0.494 e. The Hall–Kier alpha value is -2.28. The first-order valence-corrected chi connectivity index (χ1v) is 8.28. The third-order valence-electron chi connectivity index (χ3n) is 4.13. The smallest absolute Gasteiger partial charge is 0.319 e. The summed E-state index contributed by atoms with van der Waals surface area (Å²) in [7, 11) is 0. The van der Waals surface area contributed by atoms with E-state index >= 15 is 0 Å². The van der Waals surface area contributed by atoms with E-state index in [1.165, 1.54) is 0 Å². The highest BCUT2D eigenvalue weighted by Crippen LogP contribution is 2.25. The average Bonchev–Trinajstić information content (AvgIpc) is 2.50. The second-order valence-corrected chi connectivity index (χ2v) is 5.83. The van der Waals surface area contributed by atoms with E-state index in [0.29, 0.717) is 18.8 Å². The van der Waals surface area contributed by atoms with E-state index in [0.717, 1.165) is 18.6 Å². The Bertz CT molecular complexity index is 555. The third-order valence-corrected chi connectivity index (χ3v) is 4.13. The molecule has 0 radical (unpaired) electrons. The van der Waals surface area contributed by atoms with Crippen molar-refractivity contribution in [2.75, 3.05) is 25.0 Å². The van der Waals surface area contributed by atoms with Gasteiger partial charge in [-0.2, -0.15) is 0 Å². The van der Waals surface area contributed by atoms with Crippen LogP contribution < -0.4 is 15.4 Å². The summed E-state index contributed by atoms with van der Waals surface area (Å²) in [5.74, 6) is -0.0510. The van der Waals surface area contributed by atoms with E-state index in [1.807, 2.05) is 30.9 Å². The van der Waals surface area contributed by atoms with Crippen LogP contribution in [-0.4, -0.2) is 53.8 Å². The van der Waals surface area contributed by atoms with Gasteiger partial charge in [-0.15, -0.1) is 0 Å². The van der Waals surface area contributed by atoms with Gasteiger partial charge in [-0.25, -0.2) is 4.79 Å². The molecular weight excluding hydrogens is 310 g/mol. The van der Waals surface area contributed by atoms with Gasteiger partial charge in [0.1, 0.15) is 5.75 Å². The number of carbonyl (C=O) groups excluding carboxylic acids is 1. The van der Waals surface area contributed by atoms with Crippen molar-refractivity contribution in [3.8, 4) is 5.75 Å². The van der Waals surface area contributed by atoms with Gasteiger partial charge in [-0.05, 0) is 50.6 Å². The number of ether oxygens (including phenoxy) is 1. The Morgan fingerprint density at radius 2 is 1.92 bits per heavy atom. The van der Waals surface area contributed by atoms with Gasteiger partial charge in [0, 0.05) is 17.8 Å². The molecule has 24 heavy (non-hydrogen) atoms. The Morgan fingerprint density at radius 3 is 2.46 bits per heavy atom. The van der Waals surface area contributed by atoms with Crippen LogP contribution in [-0.2, 0) is 4.79 Å². The molecule has 0 spiro atoms. The van der Waals surface area contributed by atoms with Gasteiger partial charge < -0.3 is 20.5 Å². The SMILES string of the molecule is CCOc1ccc(NC(=O)NC2CC(N(CC)CC(=O)O)C2)cc1. The lowest BCUT2D eigenvalue weighted by Crippen LogP contribution is -2.55. The maximum Gasteiger partial charge on any atom is 0.319 e. The maximum atomic E-state index is 12.0. The normalized spacial score (nSPS) is 19.5. The summed E-state index contributed by atoms with van der Waals surface area (Å²) in [5.41, 5.74) is 0.702. The second-order valence-electron chi connectivity index (χ2n) is 5.83. The average molecular weight is 335 g/mol. The number of carboxylic acids is 1. The Kier molecular flexibility index (Phi) is 6.43. The third kappa shape index (κ3) is 5.13. The van der Waals surface area contributed by atoms with E-state index in [9.17, 15) is 9.59 Å². The number of hydrogen-bond donors (Lipinski definition) is 3. The molecule has 2 amide bonds. The van der Waals surface area contributed by atoms with E-state index in [1.54, 1.807) is 12.1 Å². The molecule has 1 aromatic carbocycles. The zero-order valence-electron chi connectivity index (χ0n) is 14.1. The fourth-order valence-corrected chi connectivity index (χ4v) is 2.83. The molecule has 1 fully saturated rings. The molecule has 1 aliphatic carbocycles. The Morgan fingerprint density at radius 1 is 1.25 bits per heavy atom. The lowest BCUT2D eigenvalue weighted by atomic mass is 9.85. The van der Waals surface area contributed by atoms with Crippen LogP contribution in [0.15, 0.2) is 24.3 Å². The summed E-state index contributed by atoms with van der Waals surface area (Å²) in [6.07, 6.45) is 1.55. The van der Waals surface area contributed by atoms with Crippen LogP contribution >= 0.6 is 0 Å². The Labute approximate surface area is 142 Å². The number of hydrogen-bond acceptors (Lipinski definition) is 4. The number of nitrogens with zero attached hydrogens (tertiary/aromatic N) is 1. The van der Waals surface area contributed by atoms with Crippen LogP contribution in [0.25, 0.3) is 0 Å². The van der Waals surface area contributed by atoms with Crippen LogP contribution in [0.2, 0.25) is 0 Å². The van der Waals surface area contributed by atoms with Crippen molar-refractivity contribution in [3.05, 3.63) is 24.3 Å². The number of urea groups is 1. The van der Waals surface area contributed by atoms with Crippen LogP contribution in [0.1, 0.15) is 26.7 Å². The summed E-state index contributed by atoms with van der Waals surface area (Å²) in [6.45, 7) is 5.21. The summed E-state index contributed by atoms with van der Waals surface area (Å²) in [6, 6.07) is 7.26. The number of nitrogens with one attached hydrogen (secondary N) is 2. The zero-order valence-corrected chi connectivity index (χ0v) is 14.1. The van der Waals surface area contributed by atoms with E-state index < -0.39 is 5.97 Å². The minimum atomic E-state index is -0.818. The molecule has 7 heteroatoms. The highest BCUT2D eigenvalue weighted by molar-refractivity contribution is 5.89. The van der Waals surface area contributed by atoms with Gasteiger partial charge in [-0.3, -0.25) is 9.69 Å². The molecule has 0 bridgehead atoms. The van der Waals surface area contributed by atoms with Crippen molar-refractivity contribution in [2.24, 2.45) is 0 Å². The molecule has 1 saturated carbocycles. The number of likely N-dealkylation sites (N-methyl/N-ethyl adjacent to an activating group) is 1. The molecule has 132 valence electrons. The van der Waals surface area contributed by atoms with Gasteiger partial charge in [0.05, 0.1) is 13.2 Å². The molecule has 1 aromatic rings. The molecule has 0 saturated heterocycles.